The summed E-state index contributed by atoms with van der Waals surface area (Å²) in [5.41, 5.74) is 13.8. The Labute approximate surface area is 422 Å². The van der Waals surface area contributed by atoms with E-state index in [-0.39, 0.29) is 41.1 Å². The molecule has 5 aliphatic heterocycles. The number of aryl methyl sites for hydroxylation is 2. The molecule has 4 aromatic carbocycles. The Kier molecular flexibility index (Phi) is 14.0. The lowest BCUT2D eigenvalue weighted by molar-refractivity contribution is -0.138. The molecular weight excluding hydrogens is 946 g/mol. The van der Waals surface area contributed by atoms with Crippen LogP contribution < -0.4 is 54.5 Å². The van der Waals surface area contributed by atoms with Crippen molar-refractivity contribution in [3.05, 3.63) is 91.4 Å². The highest BCUT2D eigenvalue weighted by Gasteiger charge is 2.38. The predicted octanol–water partition coefficient (Wildman–Crippen LogP) is 5.47. The summed E-state index contributed by atoms with van der Waals surface area (Å²) in [5.74, 6) is -2.84. The Morgan fingerprint density at radius 1 is 0.694 bits per heavy atom. The number of ether oxygens (including phenoxy) is 4. The second kappa shape index (κ2) is 20.1. The SMILES string of the molecule is CC(C)(N)CC(C)(C)Oc1cc(OCCOc2ccc(Cl)cc2N(CC(=O)O)CC(=O)O)c(N(CC(=O)O)CC(=O)O)cc1C1=c2cc3c4c(c2Oc2c1cc1c5c2CCCN5CCC1)CCC[N+]=4CCC3. The van der Waals surface area contributed by atoms with Gasteiger partial charge in [-0.2, -0.15) is 0 Å². The van der Waals surface area contributed by atoms with E-state index in [0.29, 0.717) is 17.7 Å². The minimum absolute atomic E-state index is 0.109. The molecule has 0 aromatic heterocycles. The first-order valence-corrected chi connectivity index (χ1v) is 25.1. The first-order valence-electron chi connectivity index (χ1n) is 24.7. The Morgan fingerprint density at radius 2 is 1.28 bits per heavy atom. The highest BCUT2D eigenvalue weighted by molar-refractivity contribution is 6.31. The van der Waals surface area contributed by atoms with Gasteiger partial charge in [-0.1, -0.05) is 11.6 Å². The van der Waals surface area contributed by atoms with Crippen LogP contribution in [0.5, 0.6) is 28.7 Å². The smallest absolute Gasteiger partial charge is 0.323 e. The van der Waals surface area contributed by atoms with Crippen LogP contribution in [0.3, 0.4) is 0 Å². The van der Waals surface area contributed by atoms with E-state index in [2.05, 4.69) is 21.6 Å². The number of nitrogens with two attached hydrogens (primary N) is 1. The van der Waals surface area contributed by atoms with E-state index in [1.807, 2.05) is 27.7 Å². The first-order chi connectivity index (χ1) is 34.2. The quantitative estimate of drug-likeness (QED) is 0.0482. The number of carboxylic acid groups (broad SMARTS) is 4. The highest BCUT2D eigenvalue weighted by atomic mass is 35.5. The van der Waals surface area contributed by atoms with Crippen LogP contribution >= 0.6 is 11.6 Å². The molecule has 0 unspecified atom stereocenters. The van der Waals surface area contributed by atoms with Crippen LogP contribution in [0.2, 0.25) is 5.02 Å². The number of aliphatic carboxylic acids is 4. The van der Waals surface area contributed by atoms with E-state index in [1.165, 1.54) is 56.4 Å². The van der Waals surface area contributed by atoms with Gasteiger partial charge in [-0.05, 0) is 108 Å². The summed E-state index contributed by atoms with van der Waals surface area (Å²) in [6, 6.07) is 12.4. The van der Waals surface area contributed by atoms with Gasteiger partial charge >= 0.3 is 23.9 Å². The maximum absolute atomic E-state index is 12.7. The van der Waals surface area contributed by atoms with Crippen molar-refractivity contribution in [3.63, 3.8) is 0 Å². The molecule has 0 saturated carbocycles. The molecule has 17 nitrogen and oxygen atoms in total. The van der Waals surface area contributed by atoms with E-state index in [1.54, 1.807) is 12.1 Å². The number of benzene rings is 4. The fraction of sp³-hybridized carbons (Fsp3) is 0.463. The van der Waals surface area contributed by atoms with Crippen molar-refractivity contribution < 1.29 is 58.6 Å². The molecular formula is C54H63ClN5O12+. The Hall–Kier alpha value is -6.72. The molecule has 0 atom stereocenters. The summed E-state index contributed by atoms with van der Waals surface area (Å²) >= 11 is 6.30. The summed E-state index contributed by atoms with van der Waals surface area (Å²) in [5, 5.41) is 42.2. The fourth-order valence-corrected chi connectivity index (χ4v) is 11.9. The standard InChI is InChI=1S/C54H62ClN5O12/c1-53(2,56)30-54(3,4)72-42-25-43(70-20-19-69-41-14-13-33(55)23-39(41)59(26-44(61)62)27-45(63)64)40(60(28-46(65)66)29-47(67)68)24-36(42)48-37-21-31-9-5-15-57-17-7-11-34(49(31)57)51(37)71-52-35-12-8-18-58-16-6-10-32(50(35)58)22-38(48)52/h13-14,21-25H,5-12,15-20,26-30,56H2,1-4H3,(H3-,61,62,63,64,65,66,67,68)/p+1. The van der Waals surface area contributed by atoms with Gasteiger partial charge < -0.3 is 59.8 Å². The molecule has 0 aliphatic carbocycles. The molecule has 0 radical (unpaired) electrons. The lowest BCUT2D eigenvalue weighted by atomic mass is 9.82. The third-order valence-corrected chi connectivity index (χ3v) is 14.0. The normalized spacial score (nSPS) is 15.6. The van der Waals surface area contributed by atoms with E-state index in [0.717, 1.165) is 110 Å². The summed E-state index contributed by atoms with van der Waals surface area (Å²) in [4.78, 5) is 53.8. The van der Waals surface area contributed by atoms with Gasteiger partial charge in [0.1, 0.15) is 86.8 Å². The van der Waals surface area contributed by atoms with Crippen molar-refractivity contribution in [2.24, 2.45) is 5.73 Å². The molecule has 5 aliphatic rings. The zero-order valence-corrected chi connectivity index (χ0v) is 42.0. The molecule has 9 rings (SSSR count). The molecule has 72 heavy (non-hydrogen) atoms. The van der Waals surface area contributed by atoms with Gasteiger partial charge in [0.2, 0.25) is 5.36 Å². The maximum atomic E-state index is 12.7. The lowest BCUT2D eigenvalue weighted by Crippen LogP contribution is -2.45. The van der Waals surface area contributed by atoms with Gasteiger partial charge in [0.25, 0.3) is 0 Å². The fourth-order valence-electron chi connectivity index (χ4n) is 11.7. The average Bonchev–Trinajstić information content (AvgIpc) is 3.29. The second-order valence-electron chi connectivity index (χ2n) is 20.8. The highest BCUT2D eigenvalue weighted by Crippen LogP contribution is 2.51. The van der Waals surface area contributed by atoms with Crippen LogP contribution in [0.15, 0.2) is 42.5 Å². The molecule has 0 spiro atoms. The van der Waals surface area contributed by atoms with Crippen LogP contribution in [0, 0.1) is 0 Å². The van der Waals surface area contributed by atoms with Crippen LogP contribution in [-0.4, -0.2) is 121 Å². The molecule has 5 heterocycles. The number of halogens is 1. The summed E-state index contributed by atoms with van der Waals surface area (Å²) in [7, 11) is 0. The van der Waals surface area contributed by atoms with Crippen molar-refractivity contribution in [1.82, 2.24) is 4.58 Å². The molecule has 4 aromatic rings. The summed E-state index contributed by atoms with van der Waals surface area (Å²) < 4.78 is 29.7. The zero-order valence-electron chi connectivity index (χ0n) is 41.3. The molecule has 382 valence electrons. The average molecular weight is 1010 g/mol. The summed E-state index contributed by atoms with van der Waals surface area (Å²) in [6.45, 7) is 8.62. The van der Waals surface area contributed by atoms with Crippen molar-refractivity contribution in [2.75, 3.05) is 80.3 Å². The summed E-state index contributed by atoms with van der Waals surface area (Å²) in [6.07, 6.45) is 7.81. The lowest BCUT2D eigenvalue weighted by Gasteiger charge is -2.39. The number of rotatable bonds is 20. The second-order valence-corrected chi connectivity index (χ2v) is 21.2. The molecule has 0 bridgehead atoms. The Morgan fingerprint density at radius 3 is 1.92 bits per heavy atom. The number of anilines is 3. The van der Waals surface area contributed by atoms with Crippen molar-refractivity contribution in [1.29, 1.82) is 0 Å². The number of nitrogens with zero attached hydrogens (tertiary/aromatic N) is 4. The van der Waals surface area contributed by atoms with Crippen molar-refractivity contribution >= 4 is 58.1 Å². The molecule has 0 amide bonds. The van der Waals surface area contributed by atoms with Gasteiger partial charge in [0.05, 0.1) is 16.9 Å². The topological polar surface area (TPSA) is 225 Å². The first kappa shape index (κ1) is 50.2. The number of hydrogen-bond acceptors (Lipinski definition) is 12. The largest absolute Gasteiger partial charge is 0.488 e. The van der Waals surface area contributed by atoms with Crippen molar-refractivity contribution in [2.45, 2.75) is 96.6 Å². The van der Waals surface area contributed by atoms with Crippen LogP contribution in [-0.2, 0) is 44.9 Å². The molecule has 0 saturated heterocycles. The van der Waals surface area contributed by atoms with Gasteiger partial charge in [-0.3, -0.25) is 19.2 Å². The number of carbonyl (C=O) groups is 4. The monoisotopic (exact) mass is 1010 g/mol. The molecule has 6 N–H and O–H groups in total. The van der Waals surface area contributed by atoms with Gasteiger partial charge in [-0.15, -0.1) is 0 Å². The molecule has 18 heteroatoms. The van der Waals surface area contributed by atoms with E-state index < -0.39 is 61.2 Å². The van der Waals surface area contributed by atoms with E-state index >= 15 is 0 Å². The van der Waals surface area contributed by atoms with Crippen LogP contribution in [0.25, 0.3) is 5.57 Å². The van der Waals surface area contributed by atoms with Crippen molar-refractivity contribution in [3.8, 4) is 28.7 Å². The Balaban J connectivity index is 1.26. The van der Waals surface area contributed by atoms with Gasteiger partial charge in [-0.25, -0.2) is 4.58 Å². The van der Waals surface area contributed by atoms with Gasteiger partial charge in [0.15, 0.2) is 0 Å². The minimum atomic E-state index is -1.27. The molecule has 0 fully saturated rings. The van der Waals surface area contributed by atoms with E-state index in [9.17, 15) is 39.6 Å². The zero-order chi connectivity index (χ0) is 51.2. The van der Waals surface area contributed by atoms with E-state index in [4.69, 9.17) is 36.3 Å². The number of carboxylic acids is 4. The third kappa shape index (κ3) is 10.6. The third-order valence-electron chi connectivity index (χ3n) is 13.8. The predicted molar refractivity (Wildman–Crippen MR) is 272 cm³/mol. The Bertz CT molecular complexity index is 2970. The van der Waals surface area contributed by atoms with Crippen LogP contribution in [0.1, 0.15) is 93.2 Å². The van der Waals surface area contributed by atoms with Gasteiger partial charge in [0, 0.05) is 87.7 Å². The maximum Gasteiger partial charge on any atom is 0.323 e. The van der Waals surface area contributed by atoms with Crippen LogP contribution in [0.4, 0.5) is 17.1 Å². The minimum Gasteiger partial charge on any atom is -0.488 e. The number of hydrogen-bond donors (Lipinski definition) is 5. The number of fused-ring (bicyclic) bond motifs is 4.